The van der Waals surface area contributed by atoms with Crippen molar-refractivity contribution >= 4 is 17.4 Å². The third-order valence-corrected chi connectivity index (χ3v) is 6.86. The summed E-state index contributed by atoms with van der Waals surface area (Å²) >= 11 is 0. The third kappa shape index (κ3) is 2.93. The number of rotatable bonds is 3. The summed E-state index contributed by atoms with van der Waals surface area (Å²) < 4.78 is 0. The van der Waals surface area contributed by atoms with Crippen LogP contribution in [0.15, 0.2) is 41.5 Å². The largest absolute Gasteiger partial charge is 0.506 e. The molecule has 2 N–H and O–H groups in total. The highest BCUT2D eigenvalue weighted by molar-refractivity contribution is 6.07. The number of hydrazone groups is 1. The Balaban J connectivity index is 1.59. The molecule has 2 aliphatic carbocycles. The van der Waals surface area contributed by atoms with Crippen molar-refractivity contribution < 1.29 is 15.0 Å². The van der Waals surface area contributed by atoms with E-state index >= 15 is 0 Å². The van der Waals surface area contributed by atoms with E-state index in [1.807, 2.05) is 18.2 Å². The van der Waals surface area contributed by atoms with Crippen molar-refractivity contribution in [2.45, 2.75) is 44.6 Å². The van der Waals surface area contributed by atoms with Crippen molar-refractivity contribution in [3.05, 3.63) is 58.7 Å². The number of benzene rings is 2. The van der Waals surface area contributed by atoms with Crippen LogP contribution in [0.1, 0.15) is 59.2 Å². The first-order valence-electron chi connectivity index (χ1n) is 10.5. The van der Waals surface area contributed by atoms with Crippen LogP contribution in [0, 0.1) is 23.2 Å². The summed E-state index contributed by atoms with van der Waals surface area (Å²) in [5.41, 5.74) is 4.47. The molecule has 1 aliphatic heterocycles. The Bertz CT molecular complexity index is 1100. The Kier molecular flexibility index (Phi) is 4.47. The maximum Gasteiger partial charge on any atom is 0.335 e. The van der Waals surface area contributed by atoms with Crippen LogP contribution in [-0.2, 0) is 6.42 Å². The van der Waals surface area contributed by atoms with Crippen LogP contribution in [0.4, 0.5) is 5.69 Å². The van der Waals surface area contributed by atoms with Crippen molar-refractivity contribution in [1.82, 2.24) is 0 Å². The van der Waals surface area contributed by atoms with Gasteiger partial charge >= 0.3 is 5.97 Å². The number of hydrogen-bond donors (Lipinski definition) is 2. The monoisotopic (exact) mass is 401 g/mol. The van der Waals surface area contributed by atoms with Gasteiger partial charge in [-0.3, -0.25) is 5.01 Å². The Hall–Kier alpha value is -3.33. The van der Waals surface area contributed by atoms with Crippen molar-refractivity contribution in [2.75, 3.05) is 5.01 Å². The quantitative estimate of drug-likeness (QED) is 0.799. The molecule has 1 heterocycles. The summed E-state index contributed by atoms with van der Waals surface area (Å²) in [7, 11) is 0. The fourth-order valence-corrected chi connectivity index (χ4v) is 5.46. The average Bonchev–Trinajstić information content (AvgIpc) is 3.40. The lowest BCUT2D eigenvalue weighted by molar-refractivity contribution is 0.0696. The molecule has 0 unspecified atom stereocenters. The molecule has 2 aromatic carbocycles. The van der Waals surface area contributed by atoms with E-state index in [9.17, 15) is 15.0 Å². The normalized spacial score (nSPS) is 22.9. The lowest BCUT2D eigenvalue weighted by Gasteiger charge is -2.34. The van der Waals surface area contributed by atoms with E-state index in [0.717, 1.165) is 35.4 Å². The predicted octanol–water partition coefficient (Wildman–Crippen LogP) is 4.31. The highest BCUT2D eigenvalue weighted by atomic mass is 16.4. The van der Waals surface area contributed by atoms with Crippen LogP contribution in [0.5, 0.6) is 5.75 Å². The van der Waals surface area contributed by atoms with Gasteiger partial charge in [-0.2, -0.15) is 10.4 Å². The third-order valence-electron chi connectivity index (χ3n) is 6.86. The zero-order valence-electron chi connectivity index (χ0n) is 16.6. The molecule has 0 aromatic heterocycles. The van der Waals surface area contributed by atoms with Gasteiger partial charge in [-0.25, -0.2) is 4.79 Å². The van der Waals surface area contributed by atoms with Crippen LogP contribution in [0.2, 0.25) is 0 Å². The van der Waals surface area contributed by atoms with E-state index in [1.54, 1.807) is 24.3 Å². The zero-order chi connectivity index (χ0) is 20.8. The van der Waals surface area contributed by atoms with Crippen LogP contribution in [0.3, 0.4) is 0 Å². The van der Waals surface area contributed by atoms with Crippen LogP contribution < -0.4 is 5.01 Å². The highest BCUT2D eigenvalue weighted by Crippen LogP contribution is 2.45. The fourth-order valence-electron chi connectivity index (χ4n) is 5.46. The van der Waals surface area contributed by atoms with Crippen LogP contribution >= 0.6 is 0 Å². The van der Waals surface area contributed by atoms with Gasteiger partial charge in [0, 0.05) is 17.5 Å². The minimum absolute atomic E-state index is 0.0262. The van der Waals surface area contributed by atoms with Crippen molar-refractivity contribution in [3.63, 3.8) is 0 Å². The molecule has 6 heteroatoms. The number of aromatic carboxylic acids is 1. The molecular weight excluding hydrogens is 378 g/mol. The highest BCUT2D eigenvalue weighted by Gasteiger charge is 2.45. The van der Waals surface area contributed by atoms with Gasteiger partial charge in [0.2, 0.25) is 0 Å². The van der Waals surface area contributed by atoms with Crippen molar-refractivity contribution in [2.24, 2.45) is 16.9 Å². The molecule has 5 rings (SSSR count). The number of aromatic hydroxyl groups is 1. The first-order valence-corrected chi connectivity index (χ1v) is 10.5. The Morgan fingerprint density at radius 2 is 1.93 bits per heavy atom. The lowest BCUT2D eigenvalue weighted by atomic mass is 9.75. The summed E-state index contributed by atoms with van der Waals surface area (Å²) in [6.45, 7) is 0. The molecule has 1 fully saturated rings. The molecule has 1 saturated carbocycles. The second kappa shape index (κ2) is 7.17. The molecular formula is C24H23N3O3. The topological polar surface area (TPSA) is 96.9 Å². The van der Waals surface area contributed by atoms with Gasteiger partial charge in [0.05, 0.1) is 28.6 Å². The van der Waals surface area contributed by atoms with E-state index < -0.39 is 5.97 Å². The fraction of sp³-hybridized carbons (Fsp3) is 0.375. The molecule has 0 bridgehead atoms. The van der Waals surface area contributed by atoms with Gasteiger partial charge in [0.1, 0.15) is 11.8 Å². The summed E-state index contributed by atoms with van der Waals surface area (Å²) in [6.07, 6.45) is 6.59. The summed E-state index contributed by atoms with van der Waals surface area (Å²) in [4.78, 5) is 11.4. The molecule has 2 aromatic rings. The first-order chi connectivity index (χ1) is 14.6. The Morgan fingerprint density at radius 1 is 1.13 bits per heavy atom. The first kappa shape index (κ1) is 18.7. The molecule has 3 aliphatic rings. The van der Waals surface area contributed by atoms with Gasteiger partial charge in [-0.05, 0) is 61.4 Å². The lowest BCUT2D eigenvalue weighted by Crippen LogP contribution is -2.40. The number of nitrogens with zero attached hydrogens (tertiary/aromatic N) is 3. The van der Waals surface area contributed by atoms with E-state index in [1.165, 1.54) is 25.7 Å². The van der Waals surface area contributed by atoms with E-state index in [2.05, 4.69) is 5.01 Å². The number of anilines is 1. The van der Waals surface area contributed by atoms with Crippen LogP contribution in [0.25, 0.3) is 0 Å². The Labute approximate surface area is 175 Å². The second-order valence-corrected chi connectivity index (χ2v) is 8.50. The molecule has 30 heavy (non-hydrogen) atoms. The molecule has 2 atom stereocenters. The van der Waals surface area contributed by atoms with Crippen molar-refractivity contribution in [3.8, 4) is 11.8 Å². The van der Waals surface area contributed by atoms with Gasteiger partial charge in [-0.15, -0.1) is 0 Å². The number of phenols is 1. The molecule has 0 saturated heterocycles. The minimum atomic E-state index is -0.910. The van der Waals surface area contributed by atoms with Gasteiger partial charge in [0.25, 0.3) is 0 Å². The standard InChI is InChI=1S/C24H23N3O3/c25-13-17-5-8-18(12-21(17)28)27-23(14-3-1-2-4-14)20-10-6-15-11-16(24(29)30)7-9-19(15)22(20)26-27/h5,7-9,11-12,14,20,23,28H,1-4,6,10H2,(H,29,30)/t20-,23-/m0/s1. The summed E-state index contributed by atoms with van der Waals surface area (Å²) in [5, 5.41) is 35.8. The number of fused-ring (bicyclic) bond motifs is 3. The number of carboxylic acid groups (broad SMARTS) is 1. The molecule has 0 spiro atoms. The zero-order valence-corrected chi connectivity index (χ0v) is 16.6. The minimum Gasteiger partial charge on any atom is -0.506 e. The number of hydrogen-bond acceptors (Lipinski definition) is 5. The summed E-state index contributed by atoms with van der Waals surface area (Å²) in [5.74, 6) is -0.114. The average molecular weight is 401 g/mol. The number of aryl methyl sites for hydroxylation is 1. The smallest absolute Gasteiger partial charge is 0.335 e. The van der Waals surface area contributed by atoms with Gasteiger partial charge in [0.15, 0.2) is 0 Å². The number of phenolic OH excluding ortho intramolecular Hbond substituents is 1. The van der Waals surface area contributed by atoms with E-state index in [-0.39, 0.29) is 23.3 Å². The van der Waals surface area contributed by atoms with Gasteiger partial charge < -0.3 is 10.2 Å². The molecule has 152 valence electrons. The molecule has 6 nitrogen and oxygen atoms in total. The van der Waals surface area contributed by atoms with E-state index in [4.69, 9.17) is 10.4 Å². The predicted molar refractivity (Wildman–Crippen MR) is 113 cm³/mol. The summed E-state index contributed by atoms with van der Waals surface area (Å²) in [6, 6.07) is 12.7. The van der Waals surface area contributed by atoms with Gasteiger partial charge in [-0.1, -0.05) is 18.9 Å². The number of carboxylic acids is 1. The number of carbonyl (C=O) groups is 1. The Morgan fingerprint density at radius 3 is 2.63 bits per heavy atom. The maximum absolute atomic E-state index is 11.4. The maximum atomic E-state index is 11.4. The van der Waals surface area contributed by atoms with E-state index in [0.29, 0.717) is 11.5 Å². The van der Waals surface area contributed by atoms with Crippen molar-refractivity contribution in [1.29, 1.82) is 5.26 Å². The second-order valence-electron chi connectivity index (χ2n) is 8.50. The number of nitriles is 1. The van der Waals surface area contributed by atoms with Crippen LogP contribution in [-0.4, -0.2) is 27.9 Å². The molecule has 0 amide bonds. The molecule has 0 radical (unpaired) electrons. The SMILES string of the molecule is N#Cc1ccc(N2N=C3c4ccc(C(=O)O)cc4CC[C@@H]3[C@@H]2C2CCCC2)cc1O.